The molecule has 1 aromatic carbocycles. The zero-order valence-electron chi connectivity index (χ0n) is 20.0. The van der Waals surface area contributed by atoms with E-state index in [1.165, 1.54) is 4.88 Å². The predicted octanol–water partition coefficient (Wildman–Crippen LogP) is 7.98. The summed E-state index contributed by atoms with van der Waals surface area (Å²) in [6.07, 6.45) is 4.60. The van der Waals surface area contributed by atoms with Gasteiger partial charge in [0, 0.05) is 35.7 Å². The average molecular weight is 563 g/mol. The van der Waals surface area contributed by atoms with Crippen molar-refractivity contribution in [1.82, 2.24) is 0 Å². The number of halogens is 2. The lowest BCUT2D eigenvalue weighted by atomic mass is 9.72. The van der Waals surface area contributed by atoms with Crippen LogP contribution in [0.5, 0.6) is 0 Å². The number of benzene rings is 1. The standard InChI is InChI=1S/C26H29BrClN3O2S/c1-26(2,3)15-6-11-19-21(12-15)34-24(29-14-18-13-20(27)25(33-18)31(4)5)22(19)23(32)30-17-9-7-16(28)8-10-17/h7-10,13-15H,6,11-12H2,1-5H3,(H,30,32)/t15-/m1/s1. The highest BCUT2D eigenvalue weighted by atomic mass is 79.9. The van der Waals surface area contributed by atoms with Crippen LogP contribution in [0.4, 0.5) is 16.6 Å². The predicted molar refractivity (Wildman–Crippen MR) is 147 cm³/mol. The molecular formula is C26H29BrClN3O2S. The van der Waals surface area contributed by atoms with Crippen molar-refractivity contribution in [3.05, 3.63) is 61.6 Å². The number of fused-ring (bicyclic) bond motifs is 1. The molecule has 1 amide bonds. The third kappa shape index (κ3) is 5.42. The van der Waals surface area contributed by atoms with E-state index in [0.717, 1.165) is 35.2 Å². The van der Waals surface area contributed by atoms with Gasteiger partial charge in [-0.3, -0.25) is 4.79 Å². The normalized spacial score (nSPS) is 16.0. The van der Waals surface area contributed by atoms with Crippen molar-refractivity contribution in [2.45, 2.75) is 40.0 Å². The number of hydrogen-bond donors (Lipinski definition) is 1. The number of aliphatic imine (C=N–C) groups is 1. The molecule has 180 valence electrons. The molecule has 0 saturated heterocycles. The van der Waals surface area contributed by atoms with Crippen molar-refractivity contribution in [3.8, 4) is 0 Å². The van der Waals surface area contributed by atoms with Crippen molar-refractivity contribution in [1.29, 1.82) is 0 Å². The topological polar surface area (TPSA) is 57.8 Å². The SMILES string of the molecule is CN(C)c1oc(C=Nc2sc3c(c2C(=O)Nc2ccc(Cl)cc2)CC[C@@H](C(C)(C)C)C3)cc1Br. The highest BCUT2D eigenvalue weighted by Crippen LogP contribution is 2.45. The van der Waals surface area contributed by atoms with Crippen LogP contribution in [0.3, 0.4) is 0 Å². The van der Waals surface area contributed by atoms with E-state index in [1.807, 2.05) is 25.1 Å². The number of anilines is 2. The molecule has 1 N–H and O–H groups in total. The summed E-state index contributed by atoms with van der Waals surface area (Å²) in [6.45, 7) is 6.88. The fourth-order valence-electron chi connectivity index (χ4n) is 4.23. The number of carbonyl (C=O) groups is 1. The Balaban J connectivity index is 1.69. The summed E-state index contributed by atoms with van der Waals surface area (Å²) in [4.78, 5) is 21.3. The summed E-state index contributed by atoms with van der Waals surface area (Å²) in [5, 5.41) is 4.37. The molecule has 4 rings (SSSR count). The molecule has 0 spiro atoms. The van der Waals surface area contributed by atoms with E-state index >= 15 is 0 Å². The molecular weight excluding hydrogens is 534 g/mol. The fraction of sp³-hybridized carbons (Fsp3) is 0.385. The van der Waals surface area contributed by atoms with Gasteiger partial charge in [0.05, 0.1) is 16.3 Å². The zero-order valence-corrected chi connectivity index (χ0v) is 23.2. The first-order valence-electron chi connectivity index (χ1n) is 11.2. The summed E-state index contributed by atoms with van der Waals surface area (Å²) in [5.41, 5.74) is 2.72. The van der Waals surface area contributed by atoms with E-state index in [1.54, 1.807) is 41.8 Å². The molecule has 0 saturated carbocycles. The largest absolute Gasteiger partial charge is 0.438 e. The minimum atomic E-state index is -0.143. The van der Waals surface area contributed by atoms with E-state index in [9.17, 15) is 4.79 Å². The number of furan rings is 1. The third-order valence-electron chi connectivity index (χ3n) is 6.20. The van der Waals surface area contributed by atoms with Crippen LogP contribution in [-0.2, 0) is 12.8 Å². The molecule has 0 aliphatic heterocycles. The van der Waals surface area contributed by atoms with Gasteiger partial charge in [-0.1, -0.05) is 32.4 Å². The maximum atomic E-state index is 13.4. The summed E-state index contributed by atoms with van der Waals surface area (Å²) in [7, 11) is 3.84. The van der Waals surface area contributed by atoms with Gasteiger partial charge in [-0.25, -0.2) is 4.99 Å². The van der Waals surface area contributed by atoms with Gasteiger partial charge in [-0.2, -0.15) is 0 Å². The molecule has 2 heterocycles. The highest BCUT2D eigenvalue weighted by Gasteiger charge is 2.33. The Labute approximate surface area is 218 Å². The molecule has 8 heteroatoms. The number of amides is 1. The molecule has 2 aromatic heterocycles. The molecule has 34 heavy (non-hydrogen) atoms. The number of rotatable bonds is 5. The Hall–Kier alpha value is -2.09. The first-order valence-corrected chi connectivity index (χ1v) is 13.2. The molecule has 5 nitrogen and oxygen atoms in total. The molecule has 0 radical (unpaired) electrons. The first kappa shape index (κ1) is 25.0. The maximum Gasteiger partial charge on any atom is 0.259 e. The first-order chi connectivity index (χ1) is 16.0. The smallest absolute Gasteiger partial charge is 0.259 e. The number of carbonyl (C=O) groups excluding carboxylic acids is 1. The molecule has 3 aromatic rings. The molecule has 1 aliphatic carbocycles. The van der Waals surface area contributed by atoms with Crippen LogP contribution in [-0.4, -0.2) is 26.2 Å². The van der Waals surface area contributed by atoms with Crippen molar-refractivity contribution >= 4 is 67.6 Å². The Morgan fingerprint density at radius 3 is 2.62 bits per heavy atom. The van der Waals surface area contributed by atoms with Crippen LogP contribution >= 0.6 is 38.9 Å². The quantitative estimate of drug-likeness (QED) is 0.321. The Morgan fingerprint density at radius 1 is 1.29 bits per heavy atom. The second kappa shape index (κ2) is 9.88. The van der Waals surface area contributed by atoms with Crippen molar-refractivity contribution < 1.29 is 9.21 Å². The minimum absolute atomic E-state index is 0.143. The van der Waals surface area contributed by atoms with Gasteiger partial charge in [0.15, 0.2) is 0 Å². The Kier molecular flexibility index (Phi) is 7.27. The minimum Gasteiger partial charge on any atom is -0.438 e. The number of nitrogens with zero attached hydrogens (tertiary/aromatic N) is 2. The molecule has 0 unspecified atom stereocenters. The second-order valence-corrected chi connectivity index (χ2v) is 12.3. The van der Waals surface area contributed by atoms with Crippen LogP contribution in [0.2, 0.25) is 5.02 Å². The van der Waals surface area contributed by atoms with E-state index in [2.05, 4.69) is 42.0 Å². The van der Waals surface area contributed by atoms with Crippen LogP contribution < -0.4 is 10.2 Å². The van der Waals surface area contributed by atoms with Gasteiger partial charge in [0.1, 0.15) is 10.8 Å². The maximum absolute atomic E-state index is 13.4. The van der Waals surface area contributed by atoms with Crippen LogP contribution in [0.15, 0.2) is 44.2 Å². The summed E-state index contributed by atoms with van der Waals surface area (Å²) >= 11 is 11.1. The molecule has 0 bridgehead atoms. The van der Waals surface area contributed by atoms with Crippen LogP contribution in [0, 0.1) is 11.3 Å². The average Bonchev–Trinajstić information content (AvgIpc) is 3.32. The highest BCUT2D eigenvalue weighted by molar-refractivity contribution is 9.10. The molecule has 0 fully saturated rings. The van der Waals surface area contributed by atoms with Gasteiger partial charge >= 0.3 is 0 Å². The lowest BCUT2D eigenvalue weighted by Crippen LogP contribution is -2.27. The van der Waals surface area contributed by atoms with Crippen molar-refractivity contribution in [2.75, 3.05) is 24.3 Å². The molecule has 1 aliphatic rings. The van der Waals surface area contributed by atoms with Crippen molar-refractivity contribution in [2.24, 2.45) is 16.3 Å². The zero-order chi connectivity index (χ0) is 24.6. The van der Waals surface area contributed by atoms with Crippen molar-refractivity contribution in [3.63, 3.8) is 0 Å². The van der Waals surface area contributed by atoms with E-state index in [-0.39, 0.29) is 11.3 Å². The van der Waals surface area contributed by atoms with Crippen LogP contribution in [0.1, 0.15) is 53.8 Å². The van der Waals surface area contributed by atoms with Gasteiger partial charge in [0.2, 0.25) is 5.88 Å². The Morgan fingerprint density at radius 2 is 2.00 bits per heavy atom. The third-order valence-corrected chi connectivity index (χ3v) is 8.19. The summed E-state index contributed by atoms with van der Waals surface area (Å²) in [5.74, 6) is 1.78. The van der Waals surface area contributed by atoms with E-state index in [4.69, 9.17) is 21.0 Å². The number of thiophene rings is 1. The fourth-order valence-corrected chi connectivity index (χ4v) is 6.29. The second-order valence-electron chi connectivity index (χ2n) is 9.91. The van der Waals surface area contributed by atoms with Gasteiger partial charge in [0.25, 0.3) is 5.91 Å². The van der Waals surface area contributed by atoms with Crippen LogP contribution in [0.25, 0.3) is 0 Å². The summed E-state index contributed by atoms with van der Waals surface area (Å²) in [6, 6.07) is 9.03. The number of nitrogens with one attached hydrogen (secondary N) is 1. The summed E-state index contributed by atoms with van der Waals surface area (Å²) < 4.78 is 6.75. The van der Waals surface area contributed by atoms with Gasteiger partial charge < -0.3 is 14.6 Å². The van der Waals surface area contributed by atoms with E-state index in [0.29, 0.717) is 33.0 Å². The van der Waals surface area contributed by atoms with Gasteiger partial charge in [-0.05, 0) is 76.4 Å². The lowest BCUT2D eigenvalue weighted by molar-refractivity contribution is 0.102. The monoisotopic (exact) mass is 561 g/mol. The lowest BCUT2D eigenvalue weighted by Gasteiger charge is -2.33. The number of hydrogen-bond acceptors (Lipinski definition) is 5. The van der Waals surface area contributed by atoms with Gasteiger partial charge in [-0.15, -0.1) is 11.3 Å². The van der Waals surface area contributed by atoms with E-state index < -0.39 is 0 Å². The molecule has 1 atom stereocenters. The Bertz CT molecular complexity index is 1220.